The molecular formula is C34H35ClFN3O4S. The lowest BCUT2D eigenvalue weighted by molar-refractivity contribution is -0.140. The molecule has 230 valence electrons. The number of rotatable bonds is 13. The minimum Gasteiger partial charge on any atom is -0.352 e. The van der Waals surface area contributed by atoms with Crippen LogP contribution in [0, 0.1) is 5.82 Å². The maximum Gasteiger partial charge on any atom is 0.264 e. The number of anilines is 1. The van der Waals surface area contributed by atoms with Crippen LogP contribution in [0.2, 0.25) is 5.02 Å². The number of nitrogens with zero attached hydrogens (tertiary/aromatic N) is 2. The predicted octanol–water partition coefficient (Wildman–Crippen LogP) is 6.23. The van der Waals surface area contributed by atoms with Crippen LogP contribution in [0.25, 0.3) is 0 Å². The summed E-state index contributed by atoms with van der Waals surface area (Å²) in [6, 6.07) is 27.7. The van der Waals surface area contributed by atoms with Gasteiger partial charge in [-0.3, -0.25) is 13.9 Å². The molecule has 1 N–H and O–H groups in total. The molecule has 2 atom stereocenters. The summed E-state index contributed by atoms with van der Waals surface area (Å²) in [7, 11) is -4.27. The Kier molecular flexibility index (Phi) is 11.1. The highest BCUT2D eigenvalue weighted by atomic mass is 35.5. The number of benzene rings is 4. The maximum absolute atomic E-state index is 14.4. The lowest BCUT2D eigenvalue weighted by Gasteiger charge is -2.34. The van der Waals surface area contributed by atoms with Gasteiger partial charge in [0, 0.05) is 24.0 Å². The lowest BCUT2D eigenvalue weighted by Crippen LogP contribution is -2.54. The van der Waals surface area contributed by atoms with Gasteiger partial charge in [0.15, 0.2) is 0 Å². The summed E-state index contributed by atoms with van der Waals surface area (Å²) in [5.41, 5.74) is 1.52. The second-order valence-electron chi connectivity index (χ2n) is 10.4. The zero-order valence-corrected chi connectivity index (χ0v) is 26.1. The summed E-state index contributed by atoms with van der Waals surface area (Å²) in [6.45, 7) is 3.13. The van der Waals surface area contributed by atoms with Gasteiger partial charge in [0.2, 0.25) is 11.8 Å². The molecule has 7 nitrogen and oxygen atoms in total. The molecule has 4 aromatic rings. The molecule has 0 aliphatic rings. The lowest BCUT2D eigenvalue weighted by atomic mass is 10.0. The fourth-order valence-electron chi connectivity index (χ4n) is 4.66. The minimum atomic E-state index is -4.27. The van der Waals surface area contributed by atoms with Crippen molar-refractivity contribution in [1.82, 2.24) is 10.2 Å². The quantitative estimate of drug-likeness (QED) is 0.189. The smallest absolute Gasteiger partial charge is 0.264 e. The SMILES string of the molecule is CC[C@@H](C)NC(=O)[C@H](Cc1ccccc1)N(Cc1ccccc1Cl)C(=O)CN(c1ccc(F)cc1)S(=O)(=O)c1ccccc1. The molecule has 4 aromatic carbocycles. The van der Waals surface area contributed by atoms with Crippen molar-refractivity contribution in [2.24, 2.45) is 0 Å². The van der Waals surface area contributed by atoms with E-state index in [0.717, 1.165) is 22.0 Å². The van der Waals surface area contributed by atoms with E-state index < -0.39 is 34.3 Å². The molecule has 0 unspecified atom stereocenters. The zero-order valence-electron chi connectivity index (χ0n) is 24.6. The molecular weight excluding hydrogens is 601 g/mol. The molecule has 2 amide bonds. The molecule has 0 saturated carbocycles. The van der Waals surface area contributed by atoms with Crippen molar-refractivity contribution < 1.29 is 22.4 Å². The average Bonchev–Trinajstić information content (AvgIpc) is 3.03. The van der Waals surface area contributed by atoms with E-state index in [2.05, 4.69) is 5.32 Å². The van der Waals surface area contributed by atoms with Gasteiger partial charge < -0.3 is 10.2 Å². The number of carbonyl (C=O) groups excluding carboxylic acids is 2. The molecule has 0 aliphatic heterocycles. The Bertz CT molecular complexity index is 1660. The van der Waals surface area contributed by atoms with Gasteiger partial charge in [-0.05, 0) is 66.9 Å². The van der Waals surface area contributed by atoms with Crippen molar-refractivity contribution in [3.8, 4) is 0 Å². The Morgan fingerprint density at radius 3 is 2.07 bits per heavy atom. The largest absolute Gasteiger partial charge is 0.352 e. The van der Waals surface area contributed by atoms with E-state index in [1.807, 2.05) is 44.2 Å². The molecule has 0 spiro atoms. The molecule has 10 heteroatoms. The van der Waals surface area contributed by atoms with Gasteiger partial charge in [-0.1, -0.05) is 85.3 Å². The van der Waals surface area contributed by atoms with Crippen LogP contribution >= 0.6 is 11.6 Å². The van der Waals surface area contributed by atoms with Gasteiger partial charge in [0.1, 0.15) is 18.4 Å². The molecule has 0 saturated heterocycles. The second kappa shape index (κ2) is 15.0. The van der Waals surface area contributed by atoms with Gasteiger partial charge in [-0.2, -0.15) is 0 Å². The van der Waals surface area contributed by atoms with Crippen molar-refractivity contribution in [2.75, 3.05) is 10.8 Å². The third kappa shape index (κ3) is 8.24. The van der Waals surface area contributed by atoms with Crippen LogP contribution in [0.5, 0.6) is 0 Å². The average molecular weight is 636 g/mol. The molecule has 4 rings (SSSR count). The first-order valence-corrected chi connectivity index (χ1v) is 16.1. The Morgan fingerprint density at radius 1 is 0.864 bits per heavy atom. The highest BCUT2D eigenvalue weighted by Gasteiger charge is 2.35. The van der Waals surface area contributed by atoms with E-state index in [4.69, 9.17) is 11.6 Å². The molecule has 0 bridgehead atoms. The summed E-state index contributed by atoms with van der Waals surface area (Å²) < 4.78 is 42.7. The summed E-state index contributed by atoms with van der Waals surface area (Å²) in [5, 5.41) is 3.39. The number of carbonyl (C=O) groups is 2. The van der Waals surface area contributed by atoms with Crippen molar-refractivity contribution in [2.45, 2.75) is 50.2 Å². The normalized spacial score (nSPS) is 12.6. The summed E-state index contributed by atoms with van der Waals surface area (Å²) in [4.78, 5) is 29.6. The minimum absolute atomic E-state index is 0.0369. The van der Waals surface area contributed by atoms with Crippen LogP contribution in [0.1, 0.15) is 31.4 Å². The molecule has 0 fully saturated rings. The van der Waals surface area contributed by atoms with Gasteiger partial charge in [-0.15, -0.1) is 0 Å². The van der Waals surface area contributed by atoms with E-state index in [1.54, 1.807) is 42.5 Å². The fourth-order valence-corrected chi connectivity index (χ4v) is 6.29. The number of halogens is 2. The Morgan fingerprint density at radius 2 is 1.45 bits per heavy atom. The monoisotopic (exact) mass is 635 g/mol. The Balaban J connectivity index is 1.80. The predicted molar refractivity (Wildman–Crippen MR) is 171 cm³/mol. The van der Waals surface area contributed by atoms with E-state index >= 15 is 0 Å². The zero-order chi connectivity index (χ0) is 31.7. The van der Waals surface area contributed by atoms with Crippen molar-refractivity contribution >= 4 is 39.1 Å². The molecule has 0 aromatic heterocycles. The van der Waals surface area contributed by atoms with Crippen molar-refractivity contribution in [3.63, 3.8) is 0 Å². The van der Waals surface area contributed by atoms with Crippen LogP contribution in [-0.2, 0) is 32.6 Å². The number of hydrogen-bond acceptors (Lipinski definition) is 4. The third-order valence-electron chi connectivity index (χ3n) is 7.30. The maximum atomic E-state index is 14.4. The number of nitrogens with one attached hydrogen (secondary N) is 1. The van der Waals surface area contributed by atoms with Crippen LogP contribution in [-0.4, -0.2) is 43.8 Å². The Hall–Kier alpha value is -4.21. The summed E-state index contributed by atoms with van der Waals surface area (Å²) >= 11 is 6.51. The van der Waals surface area contributed by atoms with Gasteiger partial charge in [0.25, 0.3) is 10.0 Å². The second-order valence-corrected chi connectivity index (χ2v) is 12.7. The van der Waals surface area contributed by atoms with Crippen LogP contribution in [0.3, 0.4) is 0 Å². The van der Waals surface area contributed by atoms with Crippen LogP contribution < -0.4 is 9.62 Å². The summed E-state index contributed by atoms with van der Waals surface area (Å²) in [5.74, 6) is -1.56. The first-order valence-electron chi connectivity index (χ1n) is 14.3. The first-order chi connectivity index (χ1) is 21.1. The van der Waals surface area contributed by atoms with E-state index in [-0.39, 0.29) is 35.5 Å². The highest BCUT2D eigenvalue weighted by molar-refractivity contribution is 7.92. The summed E-state index contributed by atoms with van der Waals surface area (Å²) in [6.07, 6.45) is 0.858. The van der Waals surface area contributed by atoms with E-state index in [0.29, 0.717) is 17.0 Å². The Labute approximate surface area is 263 Å². The fraction of sp³-hybridized carbons (Fsp3) is 0.235. The van der Waals surface area contributed by atoms with Crippen molar-refractivity contribution in [3.05, 3.63) is 131 Å². The van der Waals surface area contributed by atoms with Gasteiger partial charge in [0.05, 0.1) is 10.6 Å². The number of amides is 2. The van der Waals surface area contributed by atoms with Crippen LogP contribution in [0.4, 0.5) is 10.1 Å². The third-order valence-corrected chi connectivity index (χ3v) is 9.45. The number of sulfonamides is 1. The number of hydrogen-bond donors (Lipinski definition) is 1. The van der Waals surface area contributed by atoms with E-state index in [1.165, 1.54) is 29.2 Å². The molecule has 44 heavy (non-hydrogen) atoms. The molecule has 0 heterocycles. The first kappa shape index (κ1) is 32.7. The van der Waals surface area contributed by atoms with Gasteiger partial charge >= 0.3 is 0 Å². The highest BCUT2D eigenvalue weighted by Crippen LogP contribution is 2.26. The molecule has 0 radical (unpaired) electrons. The van der Waals surface area contributed by atoms with Crippen LogP contribution in [0.15, 0.2) is 114 Å². The molecule has 0 aliphatic carbocycles. The standard InChI is InChI=1S/C34H35ClFN3O4S/c1-3-25(2)37-34(41)32(22-26-12-6-4-7-13-26)38(23-27-14-10-11-17-31(27)35)33(40)24-39(29-20-18-28(36)19-21-29)44(42,43)30-15-8-5-9-16-30/h4-21,25,32H,3,22-24H2,1-2H3,(H,37,41)/t25-,32+/m1/s1. The van der Waals surface area contributed by atoms with Gasteiger partial charge in [-0.25, -0.2) is 12.8 Å². The topological polar surface area (TPSA) is 86.8 Å². The van der Waals surface area contributed by atoms with Crippen molar-refractivity contribution in [1.29, 1.82) is 0 Å². The van der Waals surface area contributed by atoms with E-state index in [9.17, 15) is 22.4 Å².